The smallest absolute Gasteiger partial charge is 0.319 e. The fourth-order valence-electron chi connectivity index (χ4n) is 1.69. The molecule has 0 saturated heterocycles. The lowest BCUT2D eigenvalue weighted by atomic mass is 10.1. The molecule has 0 fully saturated rings. The normalized spacial score (nSPS) is 10.0. The summed E-state index contributed by atoms with van der Waals surface area (Å²) in [6.45, 7) is 0.285. The first kappa shape index (κ1) is 13.7. The highest BCUT2D eigenvalue weighted by Crippen LogP contribution is 2.11. The predicted molar refractivity (Wildman–Crippen MR) is 72.3 cm³/mol. The zero-order chi connectivity index (χ0) is 14.4. The first-order chi connectivity index (χ1) is 9.63. The molecule has 6 nitrogen and oxygen atoms in total. The molecule has 3 N–H and O–H groups in total. The Balaban J connectivity index is 1.88. The number of hydrogen-bond donors (Lipinski definition) is 3. The zero-order valence-corrected chi connectivity index (χ0v) is 10.6. The minimum absolute atomic E-state index is 0.0798. The highest BCUT2D eigenvalue weighted by atomic mass is 16.4. The second kappa shape index (κ2) is 6.42. The maximum atomic E-state index is 11.7. The summed E-state index contributed by atoms with van der Waals surface area (Å²) in [5.74, 6) is -0.260. The lowest BCUT2D eigenvalue weighted by molar-refractivity contribution is -0.136. The van der Waals surface area contributed by atoms with Crippen LogP contribution in [0.1, 0.15) is 11.3 Å². The second-order valence-electron chi connectivity index (χ2n) is 4.16. The number of carbonyl (C=O) groups is 2. The minimum Gasteiger partial charge on any atom is -0.481 e. The lowest BCUT2D eigenvalue weighted by Crippen LogP contribution is -2.28. The highest BCUT2D eigenvalue weighted by Gasteiger charge is 2.05. The molecule has 2 rings (SSSR count). The quantitative estimate of drug-likeness (QED) is 0.779. The van der Waals surface area contributed by atoms with Gasteiger partial charge < -0.3 is 20.2 Å². The van der Waals surface area contributed by atoms with Crippen LogP contribution in [0.2, 0.25) is 0 Å². The topological polar surface area (TPSA) is 91.6 Å². The molecule has 2 amide bonds. The highest BCUT2D eigenvalue weighted by molar-refractivity contribution is 5.89. The van der Waals surface area contributed by atoms with Gasteiger partial charge in [-0.3, -0.25) is 4.79 Å². The third-order valence-corrected chi connectivity index (χ3v) is 2.54. The third kappa shape index (κ3) is 4.16. The van der Waals surface area contributed by atoms with E-state index < -0.39 is 5.97 Å². The number of anilines is 1. The van der Waals surface area contributed by atoms with Crippen molar-refractivity contribution in [1.82, 2.24) is 5.32 Å². The van der Waals surface area contributed by atoms with Gasteiger partial charge in [-0.15, -0.1) is 0 Å². The summed E-state index contributed by atoms with van der Waals surface area (Å²) >= 11 is 0. The van der Waals surface area contributed by atoms with E-state index >= 15 is 0 Å². The van der Waals surface area contributed by atoms with Crippen molar-refractivity contribution in [2.75, 3.05) is 5.32 Å². The lowest BCUT2D eigenvalue weighted by Gasteiger charge is -2.07. The molecule has 0 aliphatic heterocycles. The van der Waals surface area contributed by atoms with Gasteiger partial charge >= 0.3 is 12.0 Å². The predicted octanol–water partition coefficient (Wildman–Crippen LogP) is 2.23. The SMILES string of the molecule is O=C(O)Cc1cccc(NC(=O)NCc2ccco2)c1. The maximum Gasteiger partial charge on any atom is 0.319 e. The van der Waals surface area contributed by atoms with Crippen LogP contribution in [0.4, 0.5) is 10.5 Å². The van der Waals surface area contributed by atoms with Gasteiger partial charge in [-0.05, 0) is 29.8 Å². The van der Waals surface area contributed by atoms with Gasteiger partial charge in [0.15, 0.2) is 0 Å². The number of carboxylic acid groups (broad SMARTS) is 1. The van der Waals surface area contributed by atoms with Crippen LogP contribution >= 0.6 is 0 Å². The number of amides is 2. The van der Waals surface area contributed by atoms with E-state index in [1.807, 2.05) is 0 Å². The zero-order valence-electron chi connectivity index (χ0n) is 10.6. The summed E-state index contributed by atoms with van der Waals surface area (Å²) in [6.07, 6.45) is 1.45. The van der Waals surface area contributed by atoms with Crippen LogP contribution < -0.4 is 10.6 Å². The average molecular weight is 274 g/mol. The van der Waals surface area contributed by atoms with Gasteiger partial charge in [-0.25, -0.2) is 4.79 Å². The molecule has 1 aromatic carbocycles. The Morgan fingerprint density at radius 2 is 2.05 bits per heavy atom. The van der Waals surface area contributed by atoms with E-state index in [1.54, 1.807) is 36.4 Å². The van der Waals surface area contributed by atoms with Crippen molar-refractivity contribution >= 4 is 17.7 Å². The molecule has 0 unspecified atom stereocenters. The molecule has 1 heterocycles. The van der Waals surface area contributed by atoms with Crippen LogP contribution in [0.5, 0.6) is 0 Å². The van der Waals surface area contributed by atoms with E-state index in [4.69, 9.17) is 9.52 Å². The van der Waals surface area contributed by atoms with E-state index in [0.717, 1.165) is 0 Å². The summed E-state index contributed by atoms with van der Waals surface area (Å²) in [6, 6.07) is 9.82. The van der Waals surface area contributed by atoms with Crippen molar-refractivity contribution in [2.45, 2.75) is 13.0 Å². The molecule has 0 aliphatic rings. The Kier molecular flexibility index (Phi) is 4.39. The standard InChI is InChI=1S/C14H14N2O4/c17-13(18)8-10-3-1-4-11(7-10)16-14(19)15-9-12-5-2-6-20-12/h1-7H,8-9H2,(H,17,18)(H2,15,16,19). The number of aliphatic carboxylic acids is 1. The number of benzene rings is 1. The van der Waals surface area contributed by atoms with Crippen LogP contribution in [-0.2, 0) is 17.8 Å². The minimum atomic E-state index is -0.913. The van der Waals surface area contributed by atoms with Crippen LogP contribution in [0.15, 0.2) is 47.1 Å². The number of carbonyl (C=O) groups excluding carboxylic acids is 1. The molecule has 0 atom stereocenters. The Labute approximate surface area is 115 Å². The summed E-state index contributed by atoms with van der Waals surface area (Å²) in [4.78, 5) is 22.3. The molecule has 0 saturated carbocycles. The molecule has 0 bridgehead atoms. The average Bonchev–Trinajstić information content (AvgIpc) is 2.89. The van der Waals surface area contributed by atoms with Crippen molar-refractivity contribution in [1.29, 1.82) is 0 Å². The Hall–Kier alpha value is -2.76. The number of furan rings is 1. The fourth-order valence-corrected chi connectivity index (χ4v) is 1.69. The molecule has 20 heavy (non-hydrogen) atoms. The van der Waals surface area contributed by atoms with Gasteiger partial charge in [0.1, 0.15) is 5.76 Å². The van der Waals surface area contributed by atoms with E-state index in [1.165, 1.54) is 6.26 Å². The van der Waals surface area contributed by atoms with Crippen LogP contribution in [0.3, 0.4) is 0 Å². The molecule has 104 valence electrons. The molecule has 1 aromatic heterocycles. The monoisotopic (exact) mass is 274 g/mol. The van der Waals surface area contributed by atoms with E-state index in [-0.39, 0.29) is 19.0 Å². The number of hydrogen-bond acceptors (Lipinski definition) is 3. The first-order valence-corrected chi connectivity index (χ1v) is 6.01. The van der Waals surface area contributed by atoms with Crippen molar-refractivity contribution in [3.05, 3.63) is 54.0 Å². The number of carboxylic acids is 1. The van der Waals surface area contributed by atoms with Gasteiger partial charge in [0.2, 0.25) is 0 Å². The Morgan fingerprint density at radius 3 is 2.75 bits per heavy atom. The molecule has 0 spiro atoms. The summed E-state index contributed by atoms with van der Waals surface area (Å²) in [7, 11) is 0. The van der Waals surface area contributed by atoms with Gasteiger partial charge in [-0.1, -0.05) is 12.1 Å². The van der Waals surface area contributed by atoms with Crippen molar-refractivity contribution in [3.8, 4) is 0 Å². The van der Waals surface area contributed by atoms with Crippen molar-refractivity contribution in [3.63, 3.8) is 0 Å². The molecular weight excluding hydrogens is 260 g/mol. The van der Waals surface area contributed by atoms with Gasteiger partial charge in [0.25, 0.3) is 0 Å². The molecule has 6 heteroatoms. The van der Waals surface area contributed by atoms with Crippen LogP contribution in [0.25, 0.3) is 0 Å². The number of urea groups is 1. The van der Waals surface area contributed by atoms with Gasteiger partial charge in [0.05, 0.1) is 19.2 Å². The molecule has 0 aliphatic carbocycles. The first-order valence-electron chi connectivity index (χ1n) is 6.01. The maximum absolute atomic E-state index is 11.7. The summed E-state index contributed by atoms with van der Waals surface area (Å²) < 4.78 is 5.09. The van der Waals surface area contributed by atoms with Gasteiger partial charge in [0, 0.05) is 5.69 Å². The van der Waals surface area contributed by atoms with Crippen molar-refractivity contribution < 1.29 is 19.1 Å². The van der Waals surface area contributed by atoms with Crippen molar-refractivity contribution in [2.24, 2.45) is 0 Å². The van der Waals surface area contributed by atoms with Crippen LogP contribution in [0, 0.1) is 0 Å². The number of nitrogens with one attached hydrogen (secondary N) is 2. The van der Waals surface area contributed by atoms with Gasteiger partial charge in [-0.2, -0.15) is 0 Å². The molecular formula is C14H14N2O4. The van der Waals surface area contributed by atoms with E-state index in [2.05, 4.69) is 10.6 Å². The fraction of sp³-hybridized carbons (Fsp3) is 0.143. The van der Waals surface area contributed by atoms with E-state index in [9.17, 15) is 9.59 Å². The largest absolute Gasteiger partial charge is 0.481 e. The Bertz CT molecular complexity index is 593. The number of rotatable bonds is 5. The molecule has 0 radical (unpaired) electrons. The van der Waals surface area contributed by atoms with Crippen LogP contribution in [-0.4, -0.2) is 17.1 Å². The van der Waals surface area contributed by atoms with E-state index in [0.29, 0.717) is 17.0 Å². The third-order valence-electron chi connectivity index (χ3n) is 2.54. The second-order valence-corrected chi connectivity index (χ2v) is 4.16. The Morgan fingerprint density at radius 1 is 1.20 bits per heavy atom. The summed E-state index contributed by atoms with van der Waals surface area (Å²) in [5, 5.41) is 14.0. The summed E-state index contributed by atoms with van der Waals surface area (Å²) in [5.41, 5.74) is 1.17. The molecule has 2 aromatic rings.